The number of nitrogen functional groups attached to an aromatic ring is 1. The molecule has 0 spiro atoms. The normalized spacial score (nSPS) is 10.9. The lowest BCUT2D eigenvalue weighted by Gasteiger charge is -2.05. The lowest BCUT2D eigenvalue weighted by Crippen LogP contribution is -2.05. The van der Waals surface area contributed by atoms with Crippen molar-refractivity contribution in [2.75, 3.05) is 5.73 Å². The highest BCUT2D eigenvalue weighted by Crippen LogP contribution is 2.19. The number of rotatable bonds is 3. The lowest BCUT2D eigenvalue weighted by atomic mass is 10.1. The Hall–Kier alpha value is -1.91. The molecule has 0 fully saturated rings. The molecular formula is C11H11F2N3. The third kappa shape index (κ3) is 2.18. The highest BCUT2D eigenvalue weighted by molar-refractivity contribution is 5.29. The quantitative estimate of drug-likeness (QED) is 0.868. The second-order valence-electron chi connectivity index (χ2n) is 3.46. The zero-order chi connectivity index (χ0) is 11.5. The first-order chi connectivity index (χ1) is 7.66. The molecule has 2 aromatic rings. The van der Waals surface area contributed by atoms with Gasteiger partial charge in [0.1, 0.15) is 5.82 Å². The average Bonchev–Trinajstić information content (AvgIpc) is 2.65. The van der Waals surface area contributed by atoms with Gasteiger partial charge in [0.25, 0.3) is 6.43 Å². The Morgan fingerprint density at radius 3 is 2.38 bits per heavy atom. The first kappa shape index (κ1) is 10.6. The Balaban J connectivity index is 2.14. The Kier molecular flexibility index (Phi) is 2.85. The van der Waals surface area contributed by atoms with Gasteiger partial charge in [-0.25, -0.2) is 13.5 Å². The van der Waals surface area contributed by atoms with Crippen LogP contribution in [0.15, 0.2) is 36.5 Å². The van der Waals surface area contributed by atoms with Gasteiger partial charge < -0.3 is 5.73 Å². The predicted molar refractivity (Wildman–Crippen MR) is 57.1 cm³/mol. The summed E-state index contributed by atoms with van der Waals surface area (Å²) in [5.41, 5.74) is 6.56. The highest BCUT2D eigenvalue weighted by atomic mass is 19.3. The van der Waals surface area contributed by atoms with Crippen LogP contribution >= 0.6 is 0 Å². The molecule has 0 atom stereocenters. The Bertz CT molecular complexity index is 462. The van der Waals surface area contributed by atoms with Gasteiger partial charge in [-0.15, -0.1) is 0 Å². The second kappa shape index (κ2) is 4.30. The molecule has 16 heavy (non-hydrogen) atoms. The minimum atomic E-state index is -2.43. The van der Waals surface area contributed by atoms with Gasteiger partial charge in [-0.1, -0.05) is 24.3 Å². The average molecular weight is 223 g/mol. The molecule has 5 heteroatoms. The molecule has 3 nitrogen and oxygen atoms in total. The number of aromatic nitrogens is 2. The molecule has 0 amide bonds. The van der Waals surface area contributed by atoms with Crippen LogP contribution in [0, 0.1) is 0 Å². The fraction of sp³-hybridized carbons (Fsp3) is 0.182. The van der Waals surface area contributed by atoms with Crippen molar-refractivity contribution >= 4 is 5.82 Å². The number of alkyl halides is 2. The van der Waals surface area contributed by atoms with Gasteiger partial charge in [-0.2, -0.15) is 5.10 Å². The van der Waals surface area contributed by atoms with Crippen LogP contribution < -0.4 is 5.73 Å². The summed E-state index contributed by atoms with van der Waals surface area (Å²) in [5, 5.41) is 4.01. The fourth-order valence-electron chi connectivity index (χ4n) is 1.42. The van der Waals surface area contributed by atoms with Crippen molar-refractivity contribution in [2.24, 2.45) is 0 Å². The van der Waals surface area contributed by atoms with Gasteiger partial charge in [-0.05, 0) is 11.6 Å². The topological polar surface area (TPSA) is 43.8 Å². The van der Waals surface area contributed by atoms with Gasteiger partial charge in [-0.3, -0.25) is 0 Å². The molecule has 0 radical (unpaired) electrons. The van der Waals surface area contributed by atoms with E-state index in [4.69, 9.17) is 5.73 Å². The molecular weight excluding hydrogens is 212 g/mol. The van der Waals surface area contributed by atoms with Crippen molar-refractivity contribution in [3.05, 3.63) is 47.7 Å². The van der Waals surface area contributed by atoms with Crippen LogP contribution in [-0.2, 0) is 6.54 Å². The van der Waals surface area contributed by atoms with Crippen LogP contribution in [0.3, 0.4) is 0 Å². The molecule has 2 N–H and O–H groups in total. The zero-order valence-corrected chi connectivity index (χ0v) is 8.48. The van der Waals surface area contributed by atoms with E-state index in [1.165, 1.54) is 12.1 Å². The molecule has 1 aromatic heterocycles. The molecule has 1 heterocycles. The first-order valence-corrected chi connectivity index (χ1v) is 4.81. The summed E-state index contributed by atoms with van der Waals surface area (Å²) >= 11 is 0. The first-order valence-electron chi connectivity index (χ1n) is 4.81. The van der Waals surface area contributed by atoms with Crippen molar-refractivity contribution in [3.63, 3.8) is 0 Å². The molecule has 1 aromatic carbocycles. The number of benzene rings is 1. The zero-order valence-electron chi connectivity index (χ0n) is 8.48. The standard InChI is InChI=1S/C11H11F2N3/c12-11(13)9-3-1-8(2-4-9)7-16-10(14)5-6-15-16/h1-6,11H,7,14H2. The van der Waals surface area contributed by atoms with Crippen molar-refractivity contribution in [1.82, 2.24) is 9.78 Å². The molecule has 0 aliphatic rings. The summed E-state index contributed by atoms with van der Waals surface area (Å²) < 4.78 is 26.2. The summed E-state index contributed by atoms with van der Waals surface area (Å²) in [6, 6.07) is 7.83. The third-order valence-electron chi connectivity index (χ3n) is 2.31. The molecule has 84 valence electrons. The Labute approximate surface area is 91.5 Å². The number of hydrogen-bond acceptors (Lipinski definition) is 2. The molecule has 0 bridgehead atoms. The van der Waals surface area contributed by atoms with Crippen molar-refractivity contribution in [3.8, 4) is 0 Å². The van der Waals surface area contributed by atoms with E-state index in [1.54, 1.807) is 29.1 Å². The number of nitrogens with zero attached hydrogens (tertiary/aromatic N) is 2. The Morgan fingerprint density at radius 1 is 1.19 bits per heavy atom. The van der Waals surface area contributed by atoms with Crippen molar-refractivity contribution < 1.29 is 8.78 Å². The lowest BCUT2D eigenvalue weighted by molar-refractivity contribution is 0.151. The second-order valence-corrected chi connectivity index (χ2v) is 3.46. The van der Waals surface area contributed by atoms with Crippen LogP contribution in [0.1, 0.15) is 17.6 Å². The minimum absolute atomic E-state index is 0.0252. The third-order valence-corrected chi connectivity index (χ3v) is 2.31. The van der Waals surface area contributed by atoms with Gasteiger partial charge >= 0.3 is 0 Å². The van der Waals surface area contributed by atoms with E-state index in [9.17, 15) is 8.78 Å². The van der Waals surface area contributed by atoms with E-state index >= 15 is 0 Å². The Morgan fingerprint density at radius 2 is 1.88 bits per heavy atom. The van der Waals surface area contributed by atoms with Crippen molar-refractivity contribution in [2.45, 2.75) is 13.0 Å². The highest BCUT2D eigenvalue weighted by Gasteiger charge is 2.06. The van der Waals surface area contributed by atoms with Crippen LogP contribution in [0.2, 0.25) is 0 Å². The van der Waals surface area contributed by atoms with E-state index in [1.807, 2.05) is 0 Å². The van der Waals surface area contributed by atoms with Crippen LogP contribution in [0.5, 0.6) is 0 Å². The molecule has 0 aliphatic heterocycles. The monoisotopic (exact) mass is 223 g/mol. The summed E-state index contributed by atoms with van der Waals surface area (Å²) in [4.78, 5) is 0. The van der Waals surface area contributed by atoms with Crippen LogP contribution in [-0.4, -0.2) is 9.78 Å². The molecule has 0 saturated carbocycles. The number of nitrogens with two attached hydrogens (primary N) is 1. The van der Waals surface area contributed by atoms with E-state index < -0.39 is 6.43 Å². The van der Waals surface area contributed by atoms with E-state index in [2.05, 4.69) is 5.10 Å². The van der Waals surface area contributed by atoms with Gasteiger partial charge in [0, 0.05) is 5.56 Å². The summed E-state index contributed by atoms with van der Waals surface area (Å²) in [5.74, 6) is 0.554. The maximum atomic E-state index is 12.3. The smallest absolute Gasteiger partial charge is 0.263 e. The molecule has 0 saturated heterocycles. The number of hydrogen-bond donors (Lipinski definition) is 1. The van der Waals surface area contributed by atoms with Gasteiger partial charge in [0.05, 0.1) is 12.7 Å². The molecule has 2 rings (SSSR count). The van der Waals surface area contributed by atoms with Crippen LogP contribution in [0.4, 0.5) is 14.6 Å². The predicted octanol–water partition coefficient (Wildman–Crippen LogP) is 2.45. The van der Waals surface area contributed by atoms with E-state index in [-0.39, 0.29) is 5.56 Å². The van der Waals surface area contributed by atoms with E-state index in [0.717, 1.165) is 5.56 Å². The fourth-order valence-corrected chi connectivity index (χ4v) is 1.42. The summed E-state index contributed by atoms with van der Waals surface area (Å²) in [7, 11) is 0. The molecule has 0 unspecified atom stereocenters. The largest absolute Gasteiger partial charge is 0.384 e. The SMILES string of the molecule is Nc1ccnn1Cc1ccc(C(F)F)cc1. The summed E-state index contributed by atoms with van der Waals surface area (Å²) in [6.45, 7) is 0.488. The maximum absolute atomic E-state index is 12.3. The number of anilines is 1. The maximum Gasteiger partial charge on any atom is 0.263 e. The van der Waals surface area contributed by atoms with Crippen molar-refractivity contribution in [1.29, 1.82) is 0 Å². The van der Waals surface area contributed by atoms with Crippen LogP contribution in [0.25, 0.3) is 0 Å². The molecule has 0 aliphatic carbocycles. The van der Waals surface area contributed by atoms with E-state index in [0.29, 0.717) is 12.4 Å². The van der Waals surface area contributed by atoms with Gasteiger partial charge in [0.2, 0.25) is 0 Å². The van der Waals surface area contributed by atoms with Gasteiger partial charge in [0.15, 0.2) is 0 Å². The minimum Gasteiger partial charge on any atom is -0.384 e. The summed E-state index contributed by atoms with van der Waals surface area (Å²) in [6.07, 6.45) is -0.827. The number of halogens is 2.